The first-order chi connectivity index (χ1) is 14.5. The molecule has 1 N–H and O–H groups in total. The van der Waals surface area contributed by atoms with Crippen molar-refractivity contribution in [2.75, 3.05) is 17.3 Å². The minimum Gasteiger partial charge on any atom is -0.329 e. The Hall–Kier alpha value is -3.48. The van der Waals surface area contributed by atoms with E-state index in [1.165, 1.54) is 17.7 Å². The van der Waals surface area contributed by atoms with Crippen LogP contribution in [0.1, 0.15) is 23.4 Å². The van der Waals surface area contributed by atoms with E-state index in [4.69, 9.17) is 9.97 Å². The predicted molar refractivity (Wildman–Crippen MR) is 117 cm³/mol. The molecule has 0 bridgehead atoms. The number of hydrogen-bond donors (Lipinski definition) is 1. The number of hydrogen-bond acceptors (Lipinski definition) is 5. The molecule has 6 nitrogen and oxygen atoms in total. The molecule has 0 saturated carbocycles. The molecule has 4 aromatic rings. The summed E-state index contributed by atoms with van der Waals surface area (Å²) >= 11 is 0. The first kappa shape index (κ1) is 18.5. The van der Waals surface area contributed by atoms with Crippen LogP contribution in [0.2, 0.25) is 0 Å². The molecule has 0 unspecified atom stereocenters. The third-order valence-electron chi connectivity index (χ3n) is 5.81. The third kappa shape index (κ3) is 3.16. The van der Waals surface area contributed by atoms with Gasteiger partial charge in [-0.25, -0.2) is 9.37 Å². The molecule has 0 spiro atoms. The lowest BCUT2D eigenvalue weighted by Gasteiger charge is -2.22. The van der Waals surface area contributed by atoms with Crippen LogP contribution in [0, 0.1) is 12.7 Å². The molecule has 0 saturated heterocycles. The molecule has 0 atom stereocenters. The highest BCUT2D eigenvalue weighted by Crippen LogP contribution is 2.34. The van der Waals surface area contributed by atoms with Gasteiger partial charge in [-0.05, 0) is 62.6 Å². The van der Waals surface area contributed by atoms with Crippen molar-refractivity contribution < 1.29 is 4.39 Å². The molecule has 2 aromatic heterocycles. The number of benzene rings is 2. The molecule has 0 amide bonds. The van der Waals surface area contributed by atoms with Crippen molar-refractivity contribution in [1.82, 2.24) is 19.7 Å². The number of fused-ring (bicyclic) bond motifs is 2. The number of aryl methyl sites for hydroxylation is 3. The number of halogens is 1. The van der Waals surface area contributed by atoms with Crippen molar-refractivity contribution in [2.45, 2.75) is 26.2 Å². The molecule has 5 rings (SSSR count). The number of nitrogens with one attached hydrogen (secondary N) is 1. The molecule has 2 aromatic carbocycles. The van der Waals surface area contributed by atoms with Crippen molar-refractivity contribution in [3.63, 3.8) is 0 Å². The van der Waals surface area contributed by atoms with Crippen molar-refractivity contribution in [1.29, 1.82) is 0 Å². The second-order valence-electron chi connectivity index (χ2n) is 7.75. The fraction of sp³-hybridized carbons (Fsp3) is 0.261. The Balaban J connectivity index is 1.55. The monoisotopic (exact) mass is 402 g/mol. The van der Waals surface area contributed by atoms with Crippen LogP contribution in [0.25, 0.3) is 10.9 Å². The van der Waals surface area contributed by atoms with Gasteiger partial charge in [0.1, 0.15) is 11.6 Å². The van der Waals surface area contributed by atoms with Gasteiger partial charge in [-0.1, -0.05) is 6.07 Å². The van der Waals surface area contributed by atoms with Crippen molar-refractivity contribution in [3.05, 3.63) is 65.2 Å². The lowest BCUT2D eigenvalue weighted by molar-refractivity contribution is 0.628. The van der Waals surface area contributed by atoms with E-state index < -0.39 is 0 Å². The summed E-state index contributed by atoms with van der Waals surface area (Å²) in [6, 6.07) is 12.6. The van der Waals surface area contributed by atoms with E-state index in [2.05, 4.69) is 40.4 Å². The molecular formula is C23H23FN6. The molecule has 0 aliphatic heterocycles. The molecule has 7 heteroatoms. The van der Waals surface area contributed by atoms with Crippen molar-refractivity contribution in [2.24, 2.45) is 7.05 Å². The highest BCUT2D eigenvalue weighted by Gasteiger charge is 2.23. The Kier molecular flexibility index (Phi) is 4.38. The van der Waals surface area contributed by atoms with Crippen LogP contribution in [0.4, 0.5) is 27.5 Å². The smallest absolute Gasteiger partial charge is 0.229 e. The zero-order valence-corrected chi connectivity index (χ0v) is 17.3. The zero-order valence-electron chi connectivity index (χ0n) is 17.3. The maximum absolute atomic E-state index is 13.6. The predicted octanol–water partition coefficient (Wildman–Crippen LogP) is 4.81. The average molecular weight is 402 g/mol. The largest absolute Gasteiger partial charge is 0.329 e. The van der Waals surface area contributed by atoms with Gasteiger partial charge < -0.3 is 10.2 Å². The SMILES string of the molecule is Cc1c2ccc(N(C)c3nc(Nc4cccc(F)c4)nc4c3CCC4)cc2nn1C. The minimum atomic E-state index is -0.294. The Morgan fingerprint density at radius 3 is 2.80 bits per heavy atom. The van der Waals surface area contributed by atoms with Crippen LogP contribution < -0.4 is 10.2 Å². The van der Waals surface area contributed by atoms with Crippen LogP contribution in [-0.4, -0.2) is 26.8 Å². The summed E-state index contributed by atoms with van der Waals surface area (Å²) < 4.78 is 15.5. The van der Waals surface area contributed by atoms with Gasteiger partial charge in [-0.15, -0.1) is 0 Å². The number of anilines is 4. The summed E-state index contributed by atoms with van der Waals surface area (Å²) in [5.74, 6) is 1.07. The van der Waals surface area contributed by atoms with E-state index in [1.807, 2.05) is 18.8 Å². The van der Waals surface area contributed by atoms with Crippen LogP contribution in [-0.2, 0) is 19.9 Å². The van der Waals surface area contributed by atoms with Gasteiger partial charge in [0.25, 0.3) is 0 Å². The molecule has 2 heterocycles. The summed E-state index contributed by atoms with van der Waals surface area (Å²) in [4.78, 5) is 11.6. The fourth-order valence-corrected chi connectivity index (χ4v) is 4.09. The summed E-state index contributed by atoms with van der Waals surface area (Å²) in [7, 11) is 3.98. The molecule has 0 radical (unpaired) electrons. The van der Waals surface area contributed by atoms with E-state index in [0.717, 1.165) is 53.1 Å². The quantitative estimate of drug-likeness (QED) is 0.531. The van der Waals surface area contributed by atoms with Crippen LogP contribution >= 0.6 is 0 Å². The standard InChI is InChI=1S/C23H23FN6/c1-14-18-11-10-17(13-21(18)28-30(14)3)29(2)22-19-8-5-9-20(19)26-23(27-22)25-16-7-4-6-15(24)12-16/h4,6-7,10-13H,5,8-9H2,1-3H3,(H,25,26,27). The topological polar surface area (TPSA) is 58.9 Å². The minimum absolute atomic E-state index is 0.294. The van der Waals surface area contributed by atoms with E-state index in [9.17, 15) is 4.39 Å². The van der Waals surface area contributed by atoms with E-state index >= 15 is 0 Å². The van der Waals surface area contributed by atoms with Crippen LogP contribution in [0.15, 0.2) is 42.5 Å². The maximum atomic E-state index is 13.6. The number of nitrogens with zero attached hydrogens (tertiary/aromatic N) is 5. The van der Waals surface area contributed by atoms with Crippen LogP contribution in [0.5, 0.6) is 0 Å². The fourth-order valence-electron chi connectivity index (χ4n) is 4.09. The third-order valence-corrected chi connectivity index (χ3v) is 5.81. The number of rotatable bonds is 4. The van der Waals surface area contributed by atoms with Gasteiger partial charge in [0.15, 0.2) is 0 Å². The van der Waals surface area contributed by atoms with Gasteiger partial charge in [0, 0.05) is 42.1 Å². The highest BCUT2D eigenvalue weighted by atomic mass is 19.1. The molecule has 30 heavy (non-hydrogen) atoms. The van der Waals surface area contributed by atoms with Crippen LogP contribution in [0.3, 0.4) is 0 Å². The van der Waals surface area contributed by atoms with Gasteiger partial charge >= 0.3 is 0 Å². The van der Waals surface area contributed by atoms with E-state index in [-0.39, 0.29) is 5.82 Å². The highest BCUT2D eigenvalue weighted by molar-refractivity contribution is 5.86. The second-order valence-corrected chi connectivity index (χ2v) is 7.75. The molecule has 0 fully saturated rings. The summed E-state index contributed by atoms with van der Waals surface area (Å²) in [6.45, 7) is 2.07. The van der Waals surface area contributed by atoms with Gasteiger partial charge in [0.05, 0.1) is 11.2 Å². The Labute approximate surface area is 174 Å². The summed E-state index contributed by atoms with van der Waals surface area (Å²) in [5.41, 5.74) is 5.99. The van der Waals surface area contributed by atoms with Gasteiger partial charge in [-0.3, -0.25) is 4.68 Å². The Morgan fingerprint density at radius 1 is 1.10 bits per heavy atom. The molecule has 1 aliphatic rings. The second kappa shape index (κ2) is 7.09. The number of aromatic nitrogens is 4. The molecule has 152 valence electrons. The normalized spacial score (nSPS) is 12.9. The molecular weight excluding hydrogens is 379 g/mol. The Bertz CT molecular complexity index is 1260. The summed E-state index contributed by atoms with van der Waals surface area (Å²) in [6.07, 6.45) is 2.95. The summed E-state index contributed by atoms with van der Waals surface area (Å²) in [5, 5.41) is 8.92. The van der Waals surface area contributed by atoms with Gasteiger partial charge in [-0.2, -0.15) is 10.1 Å². The Morgan fingerprint density at radius 2 is 1.97 bits per heavy atom. The lowest BCUT2D eigenvalue weighted by atomic mass is 10.1. The van der Waals surface area contributed by atoms with E-state index in [1.54, 1.807) is 12.1 Å². The maximum Gasteiger partial charge on any atom is 0.229 e. The van der Waals surface area contributed by atoms with Crippen molar-refractivity contribution in [3.8, 4) is 0 Å². The lowest BCUT2D eigenvalue weighted by Crippen LogP contribution is -2.15. The first-order valence-electron chi connectivity index (χ1n) is 10.1. The molecule has 1 aliphatic carbocycles. The average Bonchev–Trinajstić information content (AvgIpc) is 3.31. The first-order valence-corrected chi connectivity index (χ1v) is 10.1. The van der Waals surface area contributed by atoms with Gasteiger partial charge in [0.2, 0.25) is 5.95 Å². The van der Waals surface area contributed by atoms with E-state index in [0.29, 0.717) is 11.6 Å². The zero-order chi connectivity index (χ0) is 20.8. The van der Waals surface area contributed by atoms with Crippen molar-refractivity contribution >= 4 is 34.0 Å².